The van der Waals surface area contributed by atoms with Crippen molar-refractivity contribution in [1.29, 1.82) is 0 Å². The third kappa shape index (κ3) is 5.51. The molecular weight excluding hydrogens is 492 g/mol. The summed E-state index contributed by atoms with van der Waals surface area (Å²) < 4.78 is 107. The van der Waals surface area contributed by atoms with Crippen molar-refractivity contribution in [2.45, 2.75) is 34.9 Å². The zero-order valence-electron chi connectivity index (χ0n) is 16.7. The number of hydrogen-bond acceptors (Lipinski definition) is 5. The number of benzene rings is 2. The minimum Gasteiger partial charge on any atom is -0.478 e. The third-order valence-electron chi connectivity index (χ3n) is 5.03. The second-order valence-corrected chi connectivity index (χ2v) is 10.9. The monoisotopic (exact) mass is 510 g/mol. The number of sulfonamides is 2. The summed E-state index contributed by atoms with van der Waals surface area (Å²) in [4.78, 5) is 9.71. The van der Waals surface area contributed by atoms with Gasteiger partial charge in [0.1, 0.15) is 5.82 Å². The Morgan fingerprint density at radius 2 is 1.67 bits per heavy atom. The smallest absolute Gasteiger partial charge is 0.417 e. The highest BCUT2D eigenvalue weighted by Gasteiger charge is 2.39. The number of piperidine rings is 1. The molecule has 0 atom stereocenters. The van der Waals surface area contributed by atoms with Gasteiger partial charge in [-0.2, -0.15) is 17.5 Å². The minimum absolute atomic E-state index is 0.0420. The minimum atomic E-state index is -5.10. The lowest BCUT2D eigenvalue weighted by molar-refractivity contribution is -0.140. The van der Waals surface area contributed by atoms with Gasteiger partial charge < -0.3 is 5.11 Å². The number of carboxylic acid groups (broad SMARTS) is 1. The number of rotatable bonds is 6. The Labute approximate surface area is 186 Å². The molecule has 1 saturated heterocycles. The predicted octanol–water partition coefficient (Wildman–Crippen LogP) is 2.67. The molecule has 2 aromatic carbocycles. The van der Waals surface area contributed by atoms with Gasteiger partial charge >= 0.3 is 12.1 Å². The van der Waals surface area contributed by atoms with Crippen LogP contribution in [0.15, 0.2) is 52.3 Å². The highest BCUT2D eigenvalue weighted by atomic mass is 32.2. The first-order valence-corrected chi connectivity index (χ1v) is 12.4. The average Bonchev–Trinajstić information content (AvgIpc) is 2.73. The van der Waals surface area contributed by atoms with Crippen LogP contribution in [0.2, 0.25) is 0 Å². The van der Waals surface area contributed by atoms with E-state index in [2.05, 4.69) is 4.72 Å². The van der Waals surface area contributed by atoms with Crippen LogP contribution in [0.1, 0.15) is 28.8 Å². The van der Waals surface area contributed by atoms with E-state index in [9.17, 15) is 39.2 Å². The summed E-state index contributed by atoms with van der Waals surface area (Å²) in [6.07, 6.45) is -5.19. The fourth-order valence-electron chi connectivity index (χ4n) is 3.39. The number of hydrogen-bond donors (Lipinski definition) is 2. The second kappa shape index (κ2) is 9.00. The van der Waals surface area contributed by atoms with E-state index in [1.807, 2.05) is 0 Å². The van der Waals surface area contributed by atoms with E-state index < -0.39 is 54.5 Å². The van der Waals surface area contributed by atoms with Gasteiger partial charge in [-0.3, -0.25) is 0 Å². The molecule has 0 saturated carbocycles. The largest absolute Gasteiger partial charge is 0.478 e. The zero-order valence-corrected chi connectivity index (χ0v) is 18.3. The van der Waals surface area contributed by atoms with E-state index in [-0.39, 0.29) is 42.5 Å². The van der Waals surface area contributed by atoms with Crippen LogP contribution in [-0.2, 0) is 26.2 Å². The summed E-state index contributed by atoms with van der Waals surface area (Å²) in [5, 5.41) is 9.04. The number of alkyl halides is 3. The summed E-state index contributed by atoms with van der Waals surface area (Å²) in [6.45, 7) is -0.301. The van der Waals surface area contributed by atoms with Crippen molar-refractivity contribution in [2.24, 2.45) is 0 Å². The van der Waals surface area contributed by atoms with E-state index in [0.717, 1.165) is 10.4 Å². The van der Waals surface area contributed by atoms with Crippen LogP contribution < -0.4 is 4.72 Å². The Kier molecular flexibility index (Phi) is 6.84. The molecule has 180 valence electrons. The maximum Gasteiger partial charge on any atom is 0.417 e. The van der Waals surface area contributed by atoms with Gasteiger partial charge in [0.15, 0.2) is 0 Å². The van der Waals surface area contributed by atoms with Crippen LogP contribution >= 0.6 is 0 Å². The Balaban J connectivity index is 1.75. The molecule has 0 bridgehead atoms. The molecule has 0 radical (unpaired) electrons. The maximum absolute atomic E-state index is 13.3. The Morgan fingerprint density at radius 1 is 1.03 bits per heavy atom. The van der Waals surface area contributed by atoms with Crippen molar-refractivity contribution in [3.05, 3.63) is 59.4 Å². The molecule has 0 spiro atoms. The molecule has 2 aromatic rings. The molecule has 1 fully saturated rings. The van der Waals surface area contributed by atoms with Gasteiger partial charge in [-0.15, -0.1) is 0 Å². The molecule has 2 N–H and O–H groups in total. The summed E-state index contributed by atoms with van der Waals surface area (Å²) in [5.74, 6) is -2.55. The first-order chi connectivity index (χ1) is 15.2. The van der Waals surface area contributed by atoms with Gasteiger partial charge in [-0.05, 0) is 49.2 Å². The first kappa shape index (κ1) is 25.1. The fraction of sp³-hybridized carbons (Fsp3) is 0.316. The average molecular weight is 510 g/mol. The van der Waals surface area contributed by atoms with Gasteiger partial charge in [0.25, 0.3) is 0 Å². The van der Waals surface area contributed by atoms with E-state index in [0.29, 0.717) is 12.1 Å². The lowest BCUT2D eigenvalue weighted by atomic mass is 10.1. The predicted molar refractivity (Wildman–Crippen MR) is 107 cm³/mol. The topological polar surface area (TPSA) is 121 Å². The highest BCUT2D eigenvalue weighted by Crippen LogP contribution is 2.35. The van der Waals surface area contributed by atoms with Gasteiger partial charge in [-0.25, -0.2) is 30.7 Å². The summed E-state index contributed by atoms with van der Waals surface area (Å²) in [5.41, 5.74) is -1.87. The molecule has 8 nitrogen and oxygen atoms in total. The van der Waals surface area contributed by atoms with E-state index in [1.165, 1.54) is 18.2 Å². The first-order valence-electron chi connectivity index (χ1n) is 9.44. The molecule has 14 heteroatoms. The zero-order chi connectivity index (χ0) is 24.6. The van der Waals surface area contributed by atoms with E-state index in [1.54, 1.807) is 0 Å². The number of carboxylic acids is 1. The van der Waals surface area contributed by atoms with Gasteiger partial charge in [0.2, 0.25) is 20.0 Å². The van der Waals surface area contributed by atoms with Crippen molar-refractivity contribution >= 4 is 26.0 Å². The Morgan fingerprint density at radius 3 is 2.24 bits per heavy atom. The second-order valence-electron chi connectivity index (χ2n) is 7.27. The van der Waals surface area contributed by atoms with E-state index >= 15 is 0 Å². The molecule has 0 aromatic heterocycles. The molecule has 33 heavy (non-hydrogen) atoms. The highest BCUT2D eigenvalue weighted by molar-refractivity contribution is 7.89. The summed E-state index contributed by atoms with van der Waals surface area (Å²) in [6, 6.07) is 5.08. The standard InChI is InChI=1S/C19H18F4N2O6S2/c20-13-4-5-17(16(11-13)19(21,22)23)32(28,29)24-14-6-8-25(9-7-14)33(30,31)15-3-1-2-12(10-15)18(26)27/h1-5,10-11,14,24H,6-9H2,(H,26,27). The van der Waals surface area contributed by atoms with Gasteiger partial charge in [-0.1, -0.05) is 6.07 Å². The van der Waals surface area contributed by atoms with Crippen LogP contribution in [-0.4, -0.2) is 51.3 Å². The fourth-order valence-corrected chi connectivity index (χ4v) is 6.42. The normalized spacial score (nSPS) is 16.6. The van der Waals surface area contributed by atoms with Gasteiger partial charge in [0.05, 0.1) is 20.9 Å². The molecule has 1 heterocycles. The van der Waals surface area contributed by atoms with Crippen molar-refractivity contribution in [1.82, 2.24) is 9.03 Å². The van der Waals surface area contributed by atoms with Crippen LogP contribution in [0.4, 0.5) is 17.6 Å². The van der Waals surface area contributed by atoms with Crippen LogP contribution in [0.5, 0.6) is 0 Å². The summed E-state index contributed by atoms with van der Waals surface area (Å²) >= 11 is 0. The van der Waals surface area contributed by atoms with Gasteiger partial charge in [0, 0.05) is 19.1 Å². The number of aromatic carboxylic acids is 1. The molecule has 0 amide bonds. The molecule has 3 rings (SSSR count). The maximum atomic E-state index is 13.3. The van der Waals surface area contributed by atoms with Crippen molar-refractivity contribution in [3.8, 4) is 0 Å². The quantitative estimate of drug-likeness (QED) is 0.577. The van der Waals surface area contributed by atoms with Crippen molar-refractivity contribution in [2.75, 3.05) is 13.1 Å². The Hall–Kier alpha value is -2.55. The van der Waals surface area contributed by atoms with E-state index in [4.69, 9.17) is 5.11 Å². The van der Waals surface area contributed by atoms with Crippen LogP contribution in [0.3, 0.4) is 0 Å². The van der Waals surface area contributed by atoms with Crippen molar-refractivity contribution in [3.63, 3.8) is 0 Å². The third-order valence-corrected chi connectivity index (χ3v) is 8.50. The SMILES string of the molecule is O=C(O)c1cccc(S(=O)(=O)N2CCC(NS(=O)(=O)c3ccc(F)cc3C(F)(F)F)CC2)c1. The summed E-state index contributed by atoms with van der Waals surface area (Å²) in [7, 11) is -8.75. The molecule has 1 aliphatic heterocycles. The van der Waals surface area contributed by atoms with Crippen LogP contribution in [0, 0.1) is 5.82 Å². The molecular formula is C19H18F4N2O6S2. The number of nitrogens with one attached hydrogen (secondary N) is 1. The number of halogens is 4. The molecule has 1 aliphatic rings. The molecule has 0 aliphatic carbocycles. The van der Waals surface area contributed by atoms with Crippen molar-refractivity contribution < 1.29 is 44.3 Å². The lowest BCUT2D eigenvalue weighted by Gasteiger charge is -2.31. The number of nitrogens with zero attached hydrogens (tertiary/aromatic N) is 1. The van der Waals surface area contributed by atoms with Crippen LogP contribution in [0.25, 0.3) is 0 Å². The lowest BCUT2D eigenvalue weighted by Crippen LogP contribution is -2.46. The Bertz CT molecular complexity index is 1270. The number of carbonyl (C=O) groups is 1. The molecule has 0 unspecified atom stereocenters.